The molecule has 1 heterocycles. The zero-order valence-corrected chi connectivity index (χ0v) is 11.7. The SMILES string of the molecule is CCCS(=O)(=O)N1CCCC1C(=O)NCC(C)O. The van der Waals surface area contributed by atoms with Crippen LogP contribution in [0.2, 0.25) is 0 Å². The molecule has 1 rings (SSSR count). The Kier molecular flexibility index (Phi) is 5.55. The summed E-state index contributed by atoms with van der Waals surface area (Å²) in [5.74, 6) is -0.235. The molecule has 1 amide bonds. The molecule has 0 aliphatic carbocycles. The number of carbonyl (C=O) groups excluding carboxylic acids is 1. The first-order chi connectivity index (χ1) is 8.38. The fraction of sp³-hybridized carbons (Fsp3) is 0.909. The molecule has 6 nitrogen and oxygen atoms in total. The van der Waals surface area contributed by atoms with Crippen molar-refractivity contribution in [3.05, 3.63) is 0 Å². The van der Waals surface area contributed by atoms with Gasteiger partial charge in [0.15, 0.2) is 0 Å². The average Bonchev–Trinajstić information content (AvgIpc) is 2.75. The van der Waals surface area contributed by atoms with E-state index >= 15 is 0 Å². The highest BCUT2D eigenvalue weighted by atomic mass is 32.2. The van der Waals surface area contributed by atoms with E-state index < -0.39 is 22.2 Å². The highest BCUT2D eigenvalue weighted by Crippen LogP contribution is 2.21. The van der Waals surface area contributed by atoms with Crippen molar-refractivity contribution in [2.24, 2.45) is 0 Å². The van der Waals surface area contributed by atoms with Crippen LogP contribution in [0.15, 0.2) is 0 Å². The summed E-state index contributed by atoms with van der Waals surface area (Å²) >= 11 is 0. The van der Waals surface area contributed by atoms with Crippen LogP contribution >= 0.6 is 0 Å². The summed E-state index contributed by atoms with van der Waals surface area (Å²) in [6.07, 6.45) is 1.17. The van der Waals surface area contributed by atoms with Crippen molar-refractivity contribution in [3.8, 4) is 0 Å². The van der Waals surface area contributed by atoms with Gasteiger partial charge in [0.25, 0.3) is 0 Å². The van der Waals surface area contributed by atoms with Gasteiger partial charge in [0.05, 0.1) is 11.9 Å². The van der Waals surface area contributed by atoms with Crippen molar-refractivity contribution in [1.29, 1.82) is 0 Å². The monoisotopic (exact) mass is 278 g/mol. The van der Waals surface area contributed by atoms with Gasteiger partial charge in [-0.1, -0.05) is 6.92 Å². The molecular formula is C11H22N2O4S. The Bertz CT molecular complexity index is 381. The number of aliphatic hydroxyl groups is 1. The Hall–Kier alpha value is -0.660. The van der Waals surface area contributed by atoms with Gasteiger partial charge in [-0.2, -0.15) is 4.31 Å². The molecule has 0 aromatic carbocycles. The van der Waals surface area contributed by atoms with Crippen molar-refractivity contribution < 1.29 is 18.3 Å². The largest absolute Gasteiger partial charge is 0.392 e. The normalized spacial score (nSPS) is 22.9. The summed E-state index contributed by atoms with van der Waals surface area (Å²) in [6, 6.07) is -0.611. The molecule has 0 aromatic rings. The van der Waals surface area contributed by atoms with Crippen LogP contribution < -0.4 is 5.32 Å². The Labute approximate surface area is 108 Å². The number of nitrogens with one attached hydrogen (secondary N) is 1. The van der Waals surface area contributed by atoms with E-state index in [1.165, 1.54) is 4.31 Å². The second kappa shape index (κ2) is 6.49. The molecule has 18 heavy (non-hydrogen) atoms. The van der Waals surface area contributed by atoms with Crippen LogP contribution in [0.4, 0.5) is 0 Å². The van der Waals surface area contributed by atoms with E-state index in [4.69, 9.17) is 5.11 Å². The van der Waals surface area contributed by atoms with E-state index in [0.717, 1.165) is 0 Å². The zero-order valence-electron chi connectivity index (χ0n) is 10.9. The predicted molar refractivity (Wildman–Crippen MR) is 68.5 cm³/mol. The van der Waals surface area contributed by atoms with E-state index in [-0.39, 0.29) is 18.2 Å². The zero-order chi connectivity index (χ0) is 13.8. The molecule has 106 valence electrons. The molecule has 0 bridgehead atoms. The minimum absolute atomic E-state index is 0.0766. The minimum Gasteiger partial charge on any atom is -0.392 e. The Morgan fingerprint density at radius 1 is 1.56 bits per heavy atom. The number of aliphatic hydroxyl groups excluding tert-OH is 1. The predicted octanol–water partition coefficient (Wildman–Crippen LogP) is -0.312. The summed E-state index contributed by atoms with van der Waals surface area (Å²) in [5.41, 5.74) is 0. The molecule has 0 spiro atoms. The van der Waals surface area contributed by atoms with E-state index in [0.29, 0.717) is 25.8 Å². The van der Waals surface area contributed by atoms with Crippen LogP contribution in [0.5, 0.6) is 0 Å². The number of hydrogen-bond acceptors (Lipinski definition) is 4. The number of rotatable bonds is 6. The molecule has 0 radical (unpaired) electrons. The summed E-state index contributed by atoms with van der Waals surface area (Å²) in [5, 5.41) is 11.7. The molecule has 2 N–H and O–H groups in total. The lowest BCUT2D eigenvalue weighted by Gasteiger charge is -2.23. The Morgan fingerprint density at radius 3 is 2.78 bits per heavy atom. The van der Waals surface area contributed by atoms with Crippen LogP contribution in [-0.2, 0) is 14.8 Å². The third-order valence-electron chi connectivity index (χ3n) is 2.90. The first-order valence-electron chi connectivity index (χ1n) is 6.33. The van der Waals surface area contributed by atoms with Crippen molar-refractivity contribution >= 4 is 15.9 Å². The van der Waals surface area contributed by atoms with Gasteiger partial charge in [0, 0.05) is 13.1 Å². The first-order valence-corrected chi connectivity index (χ1v) is 7.94. The molecule has 0 aromatic heterocycles. The highest BCUT2D eigenvalue weighted by Gasteiger charge is 2.37. The van der Waals surface area contributed by atoms with Gasteiger partial charge in [-0.15, -0.1) is 0 Å². The lowest BCUT2D eigenvalue weighted by atomic mass is 10.2. The number of sulfonamides is 1. The number of amides is 1. The van der Waals surface area contributed by atoms with Gasteiger partial charge in [-0.05, 0) is 26.2 Å². The van der Waals surface area contributed by atoms with Crippen LogP contribution in [0.25, 0.3) is 0 Å². The third kappa shape index (κ3) is 3.93. The third-order valence-corrected chi connectivity index (χ3v) is 4.97. The molecule has 1 aliphatic rings. The van der Waals surface area contributed by atoms with Crippen molar-refractivity contribution in [3.63, 3.8) is 0 Å². The van der Waals surface area contributed by atoms with E-state index in [2.05, 4.69) is 5.32 Å². The van der Waals surface area contributed by atoms with Gasteiger partial charge in [-0.25, -0.2) is 8.42 Å². The summed E-state index contributed by atoms with van der Waals surface area (Å²) in [7, 11) is -3.33. The minimum atomic E-state index is -3.33. The quantitative estimate of drug-likeness (QED) is 0.697. The lowest BCUT2D eigenvalue weighted by Crippen LogP contribution is -2.47. The molecule has 1 fully saturated rings. The summed E-state index contributed by atoms with van der Waals surface area (Å²) in [4.78, 5) is 11.9. The summed E-state index contributed by atoms with van der Waals surface area (Å²) in [6.45, 7) is 3.93. The average molecular weight is 278 g/mol. The second-order valence-corrected chi connectivity index (χ2v) is 6.72. The summed E-state index contributed by atoms with van der Waals surface area (Å²) < 4.78 is 25.3. The maximum atomic E-state index is 12.0. The highest BCUT2D eigenvalue weighted by molar-refractivity contribution is 7.89. The van der Waals surface area contributed by atoms with Crippen LogP contribution in [-0.4, -0.2) is 54.7 Å². The first kappa shape index (κ1) is 15.4. The number of nitrogens with zero attached hydrogens (tertiary/aromatic N) is 1. The fourth-order valence-electron chi connectivity index (χ4n) is 2.08. The molecular weight excluding hydrogens is 256 g/mol. The standard InChI is InChI=1S/C11H22N2O4S/c1-3-7-18(16,17)13-6-4-5-10(13)11(15)12-8-9(2)14/h9-10,14H,3-8H2,1-2H3,(H,12,15). The molecule has 1 aliphatic heterocycles. The molecule has 2 atom stereocenters. The van der Waals surface area contributed by atoms with E-state index in [1.807, 2.05) is 0 Å². The smallest absolute Gasteiger partial charge is 0.238 e. The van der Waals surface area contributed by atoms with Gasteiger partial charge in [-0.3, -0.25) is 4.79 Å². The molecule has 2 unspecified atom stereocenters. The van der Waals surface area contributed by atoms with E-state index in [9.17, 15) is 13.2 Å². The van der Waals surface area contributed by atoms with Crippen LogP contribution in [0, 0.1) is 0 Å². The number of carbonyl (C=O) groups is 1. The Morgan fingerprint density at radius 2 is 2.22 bits per heavy atom. The molecule has 0 saturated carbocycles. The van der Waals surface area contributed by atoms with E-state index in [1.54, 1.807) is 13.8 Å². The van der Waals surface area contributed by atoms with Crippen LogP contribution in [0.3, 0.4) is 0 Å². The number of hydrogen-bond donors (Lipinski definition) is 2. The van der Waals surface area contributed by atoms with Gasteiger partial charge in [0.2, 0.25) is 15.9 Å². The lowest BCUT2D eigenvalue weighted by molar-refractivity contribution is -0.124. The van der Waals surface area contributed by atoms with Crippen LogP contribution in [0.1, 0.15) is 33.1 Å². The maximum absolute atomic E-state index is 12.0. The topological polar surface area (TPSA) is 86.7 Å². The molecule has 1 saturated heterocycles. The van der Waals surface area contributed by atoms with Gasteiger partial charge >= 0.3 is 0 Å². The Balaban J connectivity index is 2.67. The van der Waals surface area contributed by atoms with Crippen molar-refractivity contribution in [1.82, 2.24) is 9.62 Å². The maximum Gasteiger partial charge on any atom is 0.238 e. The van der Waals surface area contributed by atoms with Crippen molar-refractivity contribution in [2.45, 2.75) is 45.3 Å². The van der Waals surface area contributed by atoms with Crippen molar-refractivity contribution in [2.75, 3.05) is 18.8 Å². The fourth-order valence-corrected chi connectivity index (χ4v) is 3.82. The van der Waals surface area contributed by atoms with Gasteiger partial charge < -0.3 is 10.4 Å². The van der Waals surface area contributed by atoms with Gasteiger partial charge in [0.1, 0.15) is 6.04 Å². The molecule has 7 heteroatoms. The second-order valence-electron chi connectivity index (χ2n) is 4.68.